The average molecular weight is 204 g/mol. The van der Waals surface area contributed by atoms with E-state index in [1.807, 2.05) is 11.8 Å². The molecule has 78 valence electrons. The molecule has 0 aliphatic carbocycles. The van der Waals surface area contributed by atoms with Crippen molar-refractivity contribution in [2.24, 2.45) is 5.73 Å². The summed E-state index contributed by atoms with van der Waals surface area (Å²) in [6.07, 6.45) is -0.359. The Bertz CT molecular complexity index is 147. The maximum Gasteiger partial charge on any atom is 0.0789 e. The van der Waals surface area contributed by atoms with E-state index in [-0.39, 0.29) is 6.10 Å². The Kier molecular flexibility index (Phi) is 4.52. The van der Waals surface area contributed by atoms with Crippen molar-refractivity contribution in [3.63, 3.8) is 0 Å². The summed E-state index contributed by atoms with van der Waals surface area (Å²) in [6, 6.07) is 0. The molecule has 13 heavy (non-hydrogen) atoms. The minimum Gasteiger partial charge on any atom is -0.390 e. The summed E-state index contributed by atoms with van der Waals surface area (Å²) in [5.74, 6) is 0. The molecule has 0 aromatic heterocycles. The van der Waals surface area contributed by atoms with E-state index in [2.05, 4.69) is 18.7 Å². The van der Waals surface area contributed by atoms with Gasteiger partial charge in [-0.1, -0.05) is 13.8 Å². The maximum absolute atomic E-state index is 9.41. The fourth-order valence-corrected chi connectivity index (χ4v) is 3.19. The second kappa shape index (κ2) is 5.20. The lowest BCUT2D eigenvalue weighted by atomic mass is 10.2. The van der Waals surface area contributed by atoms with E-state index in [0.29, 0.717) is 17.0 Å². The van der Waals surface area contributed by atoms with E-state index in [4.69, 9.17) is 5.73 Å². The van der Waals surface area contributed by atoms with Gasteiger partial charge in [0.15, 0.2) is 0 Å². The average Bonchev–Trinajstić information content (AvgIpc) is 2.02. The minimum atomic E-state index is -0.359. The van der Waals surface area contributed by atoms with E-state index < -0.39 is 0 Å². The molecule has 3 nitrogen and oxygen atoms in total. The normalized spacial score (nSPS) is 33.2. The molecule has 0 saturated carbocycles. The summed E-state index contributed by atoms with van der Waals surface area (Å²) < 4.78 is 0. The van der Waals surface area contributed by atoms with Gasteiger partial charge in [-0.05, 0) is 0 Å². The van der Waals surface area contributed by atoms with Crippen molar-refractivity contribution in [2.45, 2.75) is 30.5 Å². The molecule has 1 fully saturated rings. The van der Waals surface area contributed by atoms with Gasteiger partial charge in [-0.15, -0.1) is 0 Å². The molecule has 1 heterocycles. The lowest BCUT2D eigenvalue weighted by molar-refractivity contribution is 0.117. The molecule has 0 bridgehead atoms. The zero-order valence-electron chi connectivity index (χ0n) is 8.44. The largest absolute Gasteiger partial charge is 0.390 e. The predicted octanol–water partition coefficient (Wildman–Crippen LogP) is 0.132. The summed E-state index contributed by atoms with van der Waals surface area (Å²) >= 11 is 2.03. The van der Waals surface area contributed by atoms with Crippen LogP contribution in [0.25, 0.3) is 0 Å². The van der Waals surface area contributed by atoms with Gasteiger partial charge in [-0.25, -0.2) is 0 Å². The highest BCUT2D eigenvalue weighted by Gasteiger charge is 2.23. The van der Waals surface area contributed by atoms with E-state index in [1.165, 1.54) is 0 Å². The molecular weight excluding hydrogens is 184 g/mol. The smallest absolute Gasteiger partial charge is 0.0789 e. The molecule has 0 radical (unpaired) electrons. The van der Waals surface area contributed by atoms with Gasteiger partial charge in [0.25, 0.3) is 0 Å². The highest BCUT2D eigenvalue weighted by atomic mass is 32.2. The summed E-state index contributed by atoms with van der Waals surface area (Å²) in [5, 5.41) is 10.8. The van der Waals surface area contributed by atoms with Crippen molar-refractivity contribution in [3.8, 4) is 0 Å². The third-order valence-corrected chi connectivity index (χ3v) is 3.46. The van der Waals surface area contributed by atoms with E-state index in [1.54, 1.807) is 0 Å². The molecule has 1 aliphatic rings. The van der Waals surface area contributed by atoms with Crippen LogP contribution in [0.5, 0.6) is 0 Å². The first-order chi connectivity index (χ1) is 6.11. The summed E-state index contributed by atoms with van der Waals surface area (Å²) in [5.41, 5.74) is 5.38. The minimum absolute atomic E-state index is 0.359. The topological polar surface area (TPSA) is 49.5 Å². The number of aliphatic hydroxyl groups is 1. The Morgan fingerprint density at radius 1 is 1.46 bits per heavy atom. The number of hydrogen-bond acceptors (Lipinski definition) is 4. The van der Waals surface area contributed by atoms with E-state index in [0.717, 1.165) is 19.6 Å². The van der Waals surface area contributed by atoms with Gasteiger partial charge in [0.2, 0.25) is 0 Å². The monoisotopic (exact) mass is 204 g/mol. The first-order valence-electron chi connectivity index (χ1n) is 4.87. The van der Waals surface area contributed by atoms with Crippen LogP contribution in [0, 0.1) is 0 Å². The number of aliphatic hydroxyl groups excluding tert-OH is 1. The number of thioether (sulfide) groups is 1. The van der Waals surface area contributed by atoms with Crippen molar-refractivity contribution in [1.29, 1.82) is 0 Å². The molecular formula is C9H20N2OS. The quantitative estimate of drug-likeness (QED) is 0.686. The molecule has 1 rings (SSSR count). The molecule has 0 amide bonds. The molecule has 4 heteroatoms. The molecule has 3 atom stereocenters. The Morgan fingerprint density at radius 2 is 2.00 bits per heavy atom. The molecule has 2 unspecified atom stereocenters. The van der Waals surface area contributed by atoms with Gasteiger partial charge in [0.1, 0.15) is 0 Å². The fraction of sp³-hybridized carbons (Fsp3) is 1.00. The lowest BCUT2D eigenvalue weighted by Gasteiger charge is -2.35. The Labute approximate surface area is 84.7 Å². The van der Waals surface area contributed by atoms with Crippen LogP contribution in [-0.4, -0.2) is 52.8 Å². The van der Waals surface area contributed by atoms with Crippen LogP contribution >= 0.6 is 11.8 Å². The van der Waals surface area contributed by atoms with Crippen molar-refractivity contribution < 1.29 is 5.11 Å². The second-order valence-electron chi connectivity index (χ2n) is 3.87. The highest BCUT2D eigenvalue weighted by Crippen LogP contribution is 2.24. The Hall–Kier alpha value is 0.230. The number of rotatable bonds is 3. The summed E-state index contributed by atoms with van der Waals surface area (Å²) in [4.78, 5) is 2.31. The Morgan fingerprint density at radius 3 is 2.46 bits per heavy atom. The van der Waals surface area contributed by atoms with Crippen LogP contribution in [0.15, 0.2) is 0 Å². The maximum atomic E-state index is 9.41. The fourth-order valence-electron chi connectivity index (χ4n) is 1.81. The van der Waals surface area contributed by atoms with Gasteiger partial charge in [0, 0.05) is 36.7 Å². The molecule has 1 aliphatic heterocycles. The highest BCUT2D eigenvalue weighted by molar-refractivity contribution is 8.00. The third-order valence-electron chi connectivity index (χ3n) is 2.24. The van der Waals surface area contributed by atoms with Gasteiger partial charge < -0.3 is 10.8 Å². The number of hydrogen-bond donors (Lipinski definition) is 2. The van der Waals surface area contributed by atoms with Crippen molar-refractivity contribution >= 4 is 11.8 Å². The van der Waals surface area contributed by atoms with Crippen LogP contribution in [-0.2, 0) is 0 Å². The van der Waals surface area contributed by atoms with Crippen LogP contribution in [0.3, 0.4) is 0 Å². The Balaban J connectivity index is 2.32. The SMILES string of the molecule is CC1CN(C[C@@H](O)CN)CC(C)S1. The van der Waals surface area contributed by atoms with E-state index in [9.17, 15) is 5.11 Å². The predicted molar refractivity (Wildman–Crippen MR) is 58.0 cm³/mol. The second-order valence-corrected chi connectivity index (χ2v) is 5.75. The van der Waals surface area contributed by atoms with Gasteiger partial charge in [0.05, 0.1) is 6.10 Å². The van der Waals surface area contributed by atoms with Crippen LogP contribution < -0.4 is 5.73 Å². The van der Waals surface area contributed by atoms with Gasteiger partial charge >= 0.3 is 0 Å². The van der Waals surface area contributed by atoms with Crippen LogP contribution in [0.1, 0.15) is 13.8 Å². The number of β-amino-alcohol motifs (C(OH)–C–C–N with tert-alkyl or cyclic N) is 1. The van der Waals surface area contributed by atoms with Crippen LogP contribution in [0.4, 0.5) is 0 Å². The first-order valence-corrected chi connectivity index (χ1v) is 5.82. The zero-order valence-corrected chi connectivity index (χ0v) is 9.26. The first kappa shape index (κ1) is 11.3. The summed E-state index contributed by atoms with van der Waals surface area (Å²) in [6.45, 7) is 7.72. The van der Waals surface area contributed by atoms with Crippen molar-refractivity contribution in [3.05, 3.63) is 0 Å². The molecule has 0 aromatic carbocycles. The molecule has 3 N–H and O–H groups in total. The van der Waals surface area contributed by atoms with Crippen LogP contribution in [0.2, 0.25) is 0 Å². The molecule has 1 saturated heterocycles. The zero-order chi connectivity index (χ0) is 9.84. The lowest BCUT2D eigenvalue weighted by Crippen LogP contribution is -2.45. The standard InChI is InChI=1S/C9H20N2OS/c1-7-4-11(5-8(2)13-7)6-9(12)3-10/h7-9,12H,3-6,10H2,1-2H3/t7?,8?,9-/m0/s1. The molecule has 0 spiro atoms. The van der Waals surface area contributed by atoms with E-state index >= 15 is 0 Å². The van der Waals surface area contributed by atoms with Gasteiger partial charge in [-0.3, -0.25) is 4.90 Å². The summed E-state index contributed by atoms with van der Waals surface area (Å²) in [7, 11) is 0. The third kappa shape index (κ3) is 3.85. The van der Waals surface area contributed by atoms with Crippen molar-refractivity contribution in [1.82, 2.24) is 4.90 Å². The number of nitrogens with two attached hydrogens (primary N) is 1. The number of nitrogens with zero attached hydrogens (tertiary/aromatic N) is 1. The molecule has 0 aromatic rings. The van der Waals surface area contributed by atoms with Gasteiger partial charge in [-0.2, -0.15) is 11.8 Å². The van der Waals surface area contributed by atoms with Crippen molar-refractivity contribution in [2.75, 3.05) is 26.2 Å².